The lowest BCUT2D eigenvalue weighted by Gasteiger charge is -2.49. The molecule has 1 saturated carbocycles. The molecule has 200 valence electrons. The highest BCUT2D eigenvalue weighted by Gasteiger charge is 2.41. The second kappa shape index (κ2) is 12.6. The van der Waals surface area contributed by atoms with Crippen molar-refractivity contribution in [2.24, 2.45) is 29.1 Å². The van der Waals surface area contributed by atoms with Crippen LogP contribution in [-0.4, -0.2) is 72.8 Å². The van der Waals surface area contributed by atoms with Crippen LogP contribution < -0.4 is 5.32 Å². The van der Waals surface area contributed by atoms with Gasteiger partial charge in [0, 0.05) is 37.6 Å². The summed E-state index contributed by atoms with van der Waals surface area (Å²) in [6, 6.07) is 0.570. The quantitative estimate of drug-likeness (QED) is 0.382. The third kappa shape index (κ3) is 8.91. The van der Waals surface area contributed by atoms with E-state index in [1.54, 1.807) is 0 Å². The summed E-state index contributed by atoms with van der Waals surface area (Å²) in [6.45, 7) is 24.2. The van der Waals surface area contributed by atoms with Gasteiger partial charge in [0.1, 0.15) is 0 Å². The van der Waals surface area contributed by atoms with Crippen LogP contribution in [0.1, 0.15) is 93.4 Å². The molecular weight excluding hydrogens is 442 g/mol. The van der Waals surface area contributed by atoms with Gasteiger partial charge < -0.3 is 15.0 Å². The first-order valence-corrected chi connectivity index (χ1v) is 14.8. The second-order valence-electron chi connectivity index (χ2n) is 13.9. The Bertz CT molecular complexity index is 597. The Balaban J connectivity index is 1.46. The average Bonchev–Trinajstić information content (AvgIpc) is 2.75. The number of alkyl halides is 1. The largest absolute Gasteiger partial charge is 0.360 e. The number of ether oxygens (including phenoxy) is 1. The number of likely N-dealkylation sites (tertiary alicyclic amines) is 2. The Morgan fingerprint density at radius 2 is 1.71 bits per heavy atom. The highest BCUT2D eigenvalue weighted by Crippen LogP contribution is 2.45. The van der Waals surface area contributed by atoms with Crippen molar-refractivity contribution in [3.05, 3.63) is 0 Å². The zero-order chi connectivity index (χ0) is 24.9. The Kier molecular flexibility index (Phi) is 10.6. The van der Waals surface area contributed by atoms with Crippen LogP contribution in [0.25, 0.3) is 0 Å². The molecule has 5 heteroatoms. The summed E-state index contributed by atoms with van der Waals surface area (Å²) in [4.78, 5) is 5.28. The van der Waals surface area contributed by atoms with Gasteiger partial charge in [0.25, 0.3) is 0 Å². The Morgan fingerprint density at radius 1 is 1.00 bits per heavy atom. The zero-order valence-electron chi connectivity index (χ0n) is 23.5. The third-order valence-corrected chi connectivity index (χ3v) is 9.31. The van der Waals surface area contributed by atoms with Crippen LogP contribution in [0.5, 0.6) is 0 Å². The Morgan fingerprint density at radius 3 is 2.32 bits per heavy atom. The molecule has 3 aliphatic rings. The molecule has 0 bridgehead atoms. The van der Waals surface area contributed by atoms with Crippen LogP contribution in [0.2, 0.25) is 0 Å². The predicted molar refractivity (Wildman–Crippen MR) is 147 cm³/mol. The van der Waals surface area contributed by atoms with Gasteiger partial charge in [0.15, 0.2) is 0 Å². The van der Waals surface area contributed by atoms with Gasteiger partial charge in [-0.1, -0.05) is 27.7 Å². The lowest BCUT2D eigenvalue weighted by molar-refractivity contribution is -0.0734. The molecule has 0 aromatic carbocycles. The molecule has 1 unspecified atom stereocenters. The van der Waals surface area contributed by atoms with E-state index in [0.29, 0.717) is 22.8 Å². The maximum atomic E-state index is 6.41. The van der Waals surface area contributed by atoms with E-state index in [0.717, 1.165) is 37.6 Å². The SMILES string of the molecule is CC(C)[C@H](CN1CCC(C2CCC(Cl)CC2)C(C)(C)C1)NC[C@@H]1CCCN(COC(C)(C)C)C1. The maximum Gasteiger partial charge on any atom is 0.0997 e. The minimum absolute atomic E-state index is 0.0569. The summed E-state index contributed by atoms with van der Waals surface area (Å²) < 4.78 is 6.05. The van der Waals surface area contributed by atoms with E-state index < -0.39 is 0 Å². The van der Waals surface area contributed by atoms with E-state index in [2.05, 4.69) is 63.6 Å². The Hall–Kier alpha value is 0.130. The van der Waals surface area contributed by atoms with Gasteiger partial charge in [0.2, 0.25) is 0 Å². The molecule has 1 N–H and O–H groups in total. The topological polar surface area (TPSA) is 27.7 Å². The van der Waals surface area contributed by atoms with Crippen molar-refractivity contribution < 1.29 is 4.74 Å². The highest BCUT2D eigenvalue weighted by molar-refractivity contribution is 6.20. The summed E-state index contributed by atoms with van der Waals surface area (Å²) in [7, 11) is 0. The van der Waals surface area contributed by atoms with E-state index in [9.17, 15) is 0 Å². The molecule has 0 spiro atoms. The van der Waals surface area contributed by atoms with Gasteiger partial charge >= 0.3 is 0 Å². The molecule has 3 fully saturated rings. The van der Waals surface area contributed by atoms with E-state index in [1.807, 2.05) is 0 Å². The van der Waals surface area contributed by atoms with Gasteiger partial charge in [-0.15, -0.1) is 11.6 Å². The van der Waals surface area contributed by atoms with Crippen LogP contribution in [-0.2, 0) is 4.74 Å². The molecule has 2 saturated heterocycles. The van der Waals surface area contributed by atoms with Crippen LogP contribution in [0.3, 0.4) is 0 Å². The van der Waals surface area contributed by atoms with Crippen molar-refractivity contribution in [1.82, 2.24) is 15.1 Å². The van der Waals surface area contributed by atoms with E-state index in [-0.39, 0.29) is 5.60 Å². The molecule has 0 amide bonds. The van der Waals surface area contributed by atoms with Crippen molar-refractivity contribution >= 4 is 11.6 Å². The number of nitrogens with zero attached hydrogens (tertiary/aromatic N) is 2. The van der Waals surface area contributed by atoms with Crippen molar-refractivity contribution in [2.45, 2.75) is 110 Å². The predicted octanol–water partition coefficient (Wildman–Crippen LogP) is 6.23. The second-order valence-corrected chi connectivity index (χ2v) is 14.5. The van der Waals surface area contributed by atoms with Gasteiger partial charge in [0.05, 0.1) is 12.3 Å². The first-order chi connectivity index (χ1) is 15.9. The van der Waals surface area contributed by atoms with Gasteiger partial charge in [-0.2, -0.15) is 0 Å². The molecule has 0 aromatic rings. The third-order valence-electron chi connectivity index (χ3n) is 8.87. The number of piperidine rings is 2. The van der Waals surface area contributed by atoms with Gasteiger partial charge in [-0.25, -0.2) is 0 Å². The van der Waals surface area contributed by atoms with Crippen molar-refractivity contribution in [2.75, 3.05) is 46.0 Å². The van der Waals surface area contributed by atoms with Gasteiger partial charge in [-0.05, 0) is 108 Å². The van der Waals surface area contributed by atoms with Crippen LogP contribution in [0.15, 0.2) is 0 Å². The summed E-state index contributed by atoms with van der Waals surface area (Å²) in [5, 5.41) is 4.44. The summed E-state index contributed by atoms with van der Waals surface area (Å²) >= 11 is 6.41. The number of rotatable bonds is 9. The molecule has 1 aliphatic carbocycles. The number of hydrogen-bond donors (Lipinski definition) is 1. The molecule has 2 heterocycles. The molecule has 34 heavy (non-hydrogen) atoms. The fourth-order valence-electron chi connectivity index (χ4n) is 6.82. The van der Waals surface area contributed by atoms with Crippen molar-refractivity contribution in [3.63, 3.8) is 0 Å². The molecule has 3 atom stereocenters. The number of halogens is 1. The lowest BCUT2D eigenvalue weighted by Crippen LogP contribution is -2.54. The average molecular weight is 498 g/mol. The standard InChI is InChI=1S/C29H56ClN3O/c1-22(2)27(31-17-23-9-8-15-33(18-23)21-34-28(3,4)5)19-32-16-14-26(29(6,7)20-32)24-10-12-25(30)13-11-24/h22-27,31H,8-21H2,1-7H3/t23-,24?,25?,26?,27-/m0/s1. The van der Waals surface area contributed by atoms with E-state index in [4.69, 9.17) is 16.3 Å². The highest BCUT2D eigenvalue weighted by atomic mass is 35.5. The monoisotopic (exact) mass is 497 g/mol. The molecule has 2 aliphatic heterocycles. The van der Waals surface area contributed by atoms with E-state index in [1.165, 1.54) is 71.1 Å². The summed E-state index contributed by atoms with van der Waals surface area (Å²) in [5.74, 6) is 3.14. The summed E-state index contributed by atoms with van der Waals surface area (Å²) in [5.41, 5.74) is 0.346. The number of hydrogen-bond acceptors (Lipinski definition) is 4. The molecule has 0 radical (unpaired) electrons. The smallest absolute Gasteiger partial charge is 0.0997 e. The fourth-order valence-corrected chi connectivity index (χ4v) is 7.07. The zero-order valence-corrected chi connectivity index (χ0v) is 24.3. The Labute approximate surface area is 216 Å². The minimum atomic E-state index is -0.0569. The lowest BCUT2D eigenvalue weighted by atomic mass is 9.64. The summed E-state index contributed by atoms with van der Waals surface area (Å²) in [6.07, 6.45) is 9.13. The molecule has 4 nitrogen and oxygen atoms in total. The van der Waals surface area contributed by atoms with Crippen LogP contribution >= 0.6 is 11.6 Å². The first kappa shape index (κ1) is 28.7. The minimum Gasteiger partial charge on any atom is -0.360 e. The maximum absolute atomic E-state index is 6.41. The van der Waals surface area contributed by atoms with Crippen molar-refractivity contribution in [1.29, 1.82) is 0 Å². The van der Waals surface area contributed by atoms with Crippen LogP contribution in [0, 0.1) is 29.1 Å². The fraction of sp³-hybridized carbons (Fsp3) is 1.00. The van der Waals surface area contributed by atoms with Gasteiger partial charge in [-0.3, -0.25) is 4.90 Å². The molecule has 3 rings (SSSR count). The molecule has 0 aromatic heterocycles. The molecular formula is C29H56ClN3O. The van der Waals surface area contributed by atoms with Crippen LogP contribution in [0.4, 0.5) is 0 Å². The number of nitrogens with one attached hydrogen (secondary N) is 1. The van der Waals surface area contributed by atoms with Crippen molar-refractivity contribution in [3.8, 4) is 0 Å². The first-order valence-electron chi connectivity index (χ1n) is 14.4. The van der Waals surface area contributed by atoms with E-state index >= 15 is 0 Å². The normalized spacial score (nSPS) is 32.7.